The molecule has 0 atom stereocenters. The lowest BCUT2D eigenvalue weighted by Crippen LogP contribution is -2.16. The zero-order valence-corrected chi connectivity index (χ0v) is 11.6. The first-order valence-electron chi connectivity index (χ1n) is 5.14. The van der Waals surface area contributed by atoms with Gasteiger partial charge in [0.15, 0.2) is 10.9 Å². The van der Waals surface area contributed by atoms with Crippen LogP contribution < -0.4 is 4.90 Å². The van der Waals surface area contributed by atoms with Crippen molar-refractivity contribution in [2.45, 2.75) is 20.4 Å². The van der Waals surface area contributed by atoms with Crippen molar-refractivity contribution in [1.82, 2.24) is 9.97 Å². The molecule has 17 heavy (non-hydrogen) atoms. The van der Waals surface area contributed by atoms with Crippen molar-refractivity contribution in [1.29, 1.82) is 0 Å². The Labute approximate surface area is 108 Å². The Bertz CT molecular complexity index is 519. The van der Waals surface area contributed by atoms with Crippen LogP contribution in [0.2, 0.25) is 0 Å². The van der Waals surface area contributed by atoms with E-state index in [1.807, 2.05) is 29.8 Å². The van der Waals surface area contributed by atoms with Gasteiger partial charge >= 0.3 is 0 Å². The highest BCUT2D eigenvalue weighted by Crippen LogP contribution is 2.26. The lowest BCUT2D eigenvalue weighted by molar-refractivity contribution is 0.102. The number of nitrogens with zero attached hydrogens (tertiary/aromatic N) is 3. The van der Waals surface area contributed by atoms with E-state index in [0.717, 1.165) is 21.4 Å². The van der Waals surface area contributed by atoms with Crippen LogP contribution in [-0.4, -0.2) is 22.8 Å². The molecule has 6 heteroatoms. The first-order chi connectivity index (χ1) is 8.08. The summed E-state index contributed by atoms with van der Waals surface area (Å²) in [7, 11) is 1.96. The van der Waals surface area contributed by atoms with Gasteiger partial charge in [-0.1, -0.05) is 11.3 Å². The van der Waals surface area contributed by atoms with E-state index in [9.17, 15) is 4.79 Å². The van der Waals surface area contributed by atoms with Crippen LogP contribution in [0.1, 0.15) is 28.0 Å². The zero-order valence-electron chi connectivity index (χ0n) is 9.93. The first kappa shape index (κ1) is 12.2. The van der Waals surface area contributed by atoms with E-state index in [1.54, 1.807) is 18.3 Å². The smallest absolute Gasteiger partial charge is 0.186 e. The third-order valence-electron chi connectivity index (χ3n) is 2.31. The summed E-state index contributed by atoms with van der Waals surface area (Å²) in [6.07, 6.45) is 0. The quantitative estimate of drug-likeness (QED) is 0.799. The van der Waals surface area contributed by atoms with Gasteiger partial charge in [0.05, 0.1) is 28.3 Å². The summed E-state index contributed by atoms with van der Waals surface area (Å²) in [5.74, 6) is 0.0771. The molecule has 90 valence electrons. The SMILES string of the molecule is CC(=O)c1sc(N(C)Cc2cscn2)nc1C. The average molecular weight is 267 g/mol. The molecule has 0 bridgehead atoms. The van der Waals surface area contributed by atoms with Gasteiger partial charge in [-0.15, -0.1) is 11.3 Å². The van der Waals surface area contributed by atoms with Crippen molar-refractivity contribution in [3.05, 3.63) is 27.2 Å². The molecule has 0 radical (unpaired) electrons. The molecule has 0 saturated carbocycles. The normalized spacial score (nSPS) is 10.5. The Morgan fingerprint density at radius 1 is 1.53 bits per heavy atom. The second-order valence-electron chi connectivity index (χ2n) is 3.80. The maximum atomic E-state index is 11.4. The highest BCUT2D eigenvalue weighted by molar-refractivity contribution is 7.17. The van der Waals surface area contributed by atoms with E-state index in [4.69, 9.17) is 0 Å². The minimum Gasteiger partial charge on any atom is -0.345 e. The standard InChI is InChI=1S/C11H13N3OS2/c1-7-10(8(2)15)17-11(13-7)14(3)4-9-5-16-6-12-9/h5-6H,4H2,1-3H3. The summed E-state index contributed by atoms with van der Waals surface area (Å²) in [6.45, 7) is 4.16. The summed E-state index contributed by atoms with van der Waals surface area (Å²) < 4.78 is 0. The average Bonchev–Trinajstić information content (AvgIpc) is 2.86. The van der Waals surface area contributed by atoms with Crippen LogP contribution in [-0.2, 0) is 6.54 Å². The number of rotatable bonds is 4. The van der Waals surface area contributed by atoms with Crippen molar-refractivity contribution in [3.63, 3.8) is 0 Å². The molecule has 0 N–H and O–H groups in total. The predicted octanol–water partition coefficient (Wildman–Crippen LogP) is 2.75. The van der Waals surface area contributed by atoms with Crippen LogP contribution in [0.25, 0.3) is 0 Å². The molecule has 2 rings (SSSR count). The molecular formula is C11H13N3OS2. The monoisotopic (exact) mass is 267 g/mol. The summed E-state index contributed by atoms with van der Waals surface area (Å²) in [5.41, 5.74) is 3.65. The molecule has 0 fully saturated rings. The third kappa shape index (κ3) is 2.70. The Balaban J connectivity index is 2.17. The predicted molar refractivity (Wildman–Crippen MR) is 71.1 cm³/mol. The largest absolute Gasteiger partial charge is 0.345 e. The molecule has 4 nitrogen and oxygen atoms in total. The fourth-order valence-corrected chi connectivity index (χ4v) is 2.97. The molecule has 0 saturated heterocycles. The van der Waals surface area contributed by atoms with Gasteiger partial charge in [0.1, 0.15) is 0 Å². The molecular weight excluding hydrogens is 254 g/mol. The van der Waals surface area contributed by atoms with Crippen molar-refractivity contribution in [3.8, 4) is 0 Å². The van der Waals surface area contributed by atoms with Crippen LogP contribution in [0.15, 0.2) is 10.9 Å². The molecule has 0 aliphatic heterocycles. The second-order valence-corrected chi connectivity index (χ2v) is 5.50. The van der Waals surface area contributed by atoms with Gasteiger partial charge in [0, 0.05) is 19.4 Å². The van der Waals surface area contributed by atoms with Gasteiger partial charge in [-0.3, -0.25) is 4.79 Å². The number of thiazole rings is 2. The number of anilines is 1. The number of aromatic nitrogens is 2. The number of ketones is 1. The van der Waals surface area contributed by atoms with E-state index in [2.05, 4.69) is 9.97 Å². The van der Waals surface area contributed by atoms with E-state index >= 15 is 0 Å². The van der Waals surface area contributed by atoms with E-state index in [0.29, 0.717) is 6.54 Å². The van der Waals surface area contributed by atoms with Gasteiger partial charge in [-0.05, 0) is 6.92 Å². The minimum atomic E-state index is 0.0771. The summed E-state index contributed by atoms with van der Waals surface area (Å²) in [4.78, 5) is 22.8. The topological polar surface area (TPSA) is 46.1 Å². The number of carbonyl (C=O) groups excluding carboxylic acids is 1. The fourth-order valence-electron chi connectivity index (χ4n) is 1.50. The van der Waals surface area contributed by atoms with E-state index in [1.165, 1.54) is 11.3 Å². The van der Waals surface area contributed by atoms with E-state index < -0.39 is 0 Å². The number of aryl methyl sites for hydroxylation is 1. The van der Waals surface area contributed by atoms with Crippen LogP contribution in [0.3, 0.4) is 0 Å². The molecule has 0 spiro atoms. The molecule has 2 heterocycles. The molecule has 2 aromatic heterocycles. The Kier molecular flexibility index (Phi) is 3.54. The number of Topliss-reactive ketones (excluding diaryl/α,β-unsaturated/α-hetero) is 1. The number of hydrogen-bond donors (Lipinski definition) is 0. The summed E-state index contributed by atoms with van der Waals surface area (Å²) in [6, 6.07) is 0. The molecule has 0 unspecified atom stereocenters. The third-order valence-corrected chi connectivity index (χ3v) is 4.32. The van der Waals surface area contributed by atoms with Crippen molar-refractivity contribution >= 4 is 33.6 Å². The van der Waals surface area contributed by atoms with Crippen molar-refractivity contribution in [2.24, 2.45) is 0 Å². The lowest BCUT2D eigenvalue weighted by atomic mass is 10.3. The van der Waals surface area contributed by atoms with Crippen LogP contribution in [0.4, 0.5) is 5.13 Å². The minimum absolute atomic E-state index is 0.0771. The van der Waals surface area contributed by atoms with Crippen LogP contribution in [0.5, 0.6) is 0 Å². The second kappa shape index (κ2) is 4.93. The highest BCUT2D eigenvalue weighted by atomic mass is 32.1. The van der Waals surface area contributed by atoms with E-state index in [-0.39, 0.29) is 5.78 Å². The summed E-state index contributed by atoms with van der Waals surface area (Å²) in [5, 5.41) is 2.88. The van der Waals surface area contributed by atoms with Gasteiger partial charge in [-0.25, -0.2) is 9.97 Å². The van der Waals surface area contributed by atoms with Gasteiger partial charge in [-0.2, -0.15) is 0 Å². The summed E-state index contributed by atoms with van der Waals surface area (Å²) >= 11 is 3.02. The first-order valence-corrected chi connectivity index (χ1v) is 6.90. The number of carbonyl (C=O) groups is 1. The fraction of sp³-hybridized carbons (Fsp3) is 0.364. The van der Waals surface area contributed by atoms with Crippen molar-refractivity contribution in [2.75, 3.05) is 11.9 Å². The van der Waals surface area contributed by atoms with Gasteiger partial charge < -0.3 is 4.90 Å². The molecule has 2 aromatic rings. The maximum absolute atomic E-state index is 11.4. The van der Waals surface area contributed by atoms with Crippen LogP contribution >= 0.6 is 22.7 Å². The van der Waals surface area contributed by atoms with Crippen molar-refractivity contribution < 1.29 is 4.79 Å². The lowest BCUT2D eigenvalue weighted by Gasteiger charge is -2.13. The molecule has 0 aliphatic rings. The zero-order chi connectivity index (χ0) is 12.4. The Hall–Kier alpha value is -1.27. The maximum Gasteiger partial charge on any atom is 0.186 e. The molecule has 0 amide bonds. The highest BCUT2D eigenvalue weighted by Gasteiger charge is 2.14. The Morgan fingerprint density at radius 3 is 2.82 bits per heavy atom. The molecule has 0 aromatic carbocycles. The Morgan fingerprint density at radius 2 is 2.29 bits per heavy atom. The molecule has 0 aliphatic carbocycles. The van der Waals surface area contributed by atoms with Gasteiger partial charge in [0.25, 0.3) is 0 Å². The van der Waals surface area contributed by atoms with Gasteiger partial charge in [0.2, 0.25) is 0 Å². The number of hydrogen-bond acceptors (Lipinski definition) is 6. The van der Waals surface area contributed by atoms with Crippen LogP contribution in [0, 0.1) is 6.92 Å².